The van der Waals surface area contributed by atoms with Gasteiger partial charge in [-0.25, -0.2) is 4.79 Å². The van der Waals surface area contributed by atoms with E-state index in [0.29, 0.717) is 13.1 Å². The number of pyridine rings is 1. The van der Waals surface area contributed by atoms with Crippen molar-refractivity contribution in [2.45, 2.75) is 13.0 Å². The largest absolute Gasteiger partial charge is 0.442 e. The fraction of sp³-hybridized carbons (Fsp3) is 0.174. The molecule has 0 bridgehead atoms. The number of cyclic esters (lactones) is 1. The lowest BCUT2D eigenvalue weighted by atomic mass is 9.95. The second kappa shape index (κ2) is 8.14. The van der Waals surface area contributed by atoms with E-state index in [-0.39, 0.29) is 12.0 Å². The summed E-state index contributed by atoms with van der Waals surface area (Å²) in [6.07, 6.45) is 2.86. The predicted molar refractivity (Wildman–Crippen MR) is 111 cm³/mol. The van der Waals surface area contributed by atoms with E-state index in [0.717, 1.165) is 27.9 Å². The molecule has 1 aliphatic heterocycles. The number of anilines is 1. The summed E-state index contributed by atoms with van der Waals surface area (Å²) in [6, 6.07) is 20.0. The van der Waals surface area contributed by atoms with Gasteiger partial charge in [0.25, 0.3) is 0 Å². The number of hydrogen-bond acceptors (Lipinski definition) is 4. The topological polar surface area (TPSA) is 71.5 Å². The maximum absolute atomic E-state index is 12.2. The van der Waals surface area contributed by atoms with E-state index in [1.807, 2.05) is 54.7 Å². The van der Waals surface area contributed by atoms with Crippen molar-refractivity contribution in [3.8, 4) is 22.3 Å². The molecular formula is C23H21N3O3. The van der Waals surface area contributed by atoms with E-state index in [2.05, 4.69) is 22.4 Å². The van der Waals surface area contributed by atoms with E-state index in [9.17, 15) is 9.59 Å². The summed E-state index contributed by atoms with van der Waals surface area (Å²) < 4.78 is 5.34. The van der Waals surface area contributed by atoms with Gasteiger partial charge in [0.15, 0.2) is 0 Å². The van der Waals surface area contributed by atoms with E-state index >= 15 is 0 Å². The van der Waals surface area contributed by atoms with Gasteiger partial charge in [-0.15, -0.1) is 0 Å². The Morgan fingerprint density at radius 2 is 1.79 bits per heavy atom. The van der Waals surface area contributed by atoms with Crippen molar-refractivity contribution < 1.29 is 14.3 Å². The number of aromatic nitrogens is 1. The maximum atomic E-state index is 12.2. The van der Waals surface area contributed by atoms with Gasteiger partial charge >= 0.3 is 6.09 Å². The number of nitrogens with one attached hydrogen (secondary N) is 1. The van der Waals surface area contributed by atoms with Crippen molar-refractivity contribution in [3.05, 3.63) is 73.1 Å². The molecule has 2 heterocycles. The zero-order valence-corrected chi connectivity index (χ0v) is 16.0. The zero-order valence-electron chi connectivity index (χ0n) is 16.0. The van der Waals surface area contributed by atoms with E-state index in [1.54, 1.807) is 11.1 Å². The predicted octanol–water partition coefficient (Wildman–Crippen LogP) is 3.88. The molecule has 0 spiro atoms. The Hall–Kier alpha value is -3.67. The van der Waals surface area contributed by atoms with Crippen molar-refractivity contribution >= 4 is 17.7 Å². The average molecular weight is 387 g/mol. The Balaban J connectivity index is 1.55. The second-order valence-corrected chi connectivity index (χ2v) is 6.89. The van der Waals surface area contributed by atoms with Gasteiger partial charge in [-0.1, -0.05) is 42.5 Å². The molecule has 29 heavy (non-hydrogen) atoms. The molecule has 1 atom stereocenters. The van der Waals surface area contributed by atoms with E-state index in [1.165, 1.54) is 6.92 Å². The maximum Gasteiger partial charge on any atom is 0.414 e. The van der Waals surface area contributed by atoms with Crippen LogP contribution in [0.15, 0.2) is 73.1 Å². The van der Waals surface area contributed by atoms with E-state index in [4.69, 9.17) is 4.74 Å². The minimum absolute atomic E-state index is 0.142. The van der Waals surface area contributed by atoms with Gasteiger partial charge in [-0.05, 0) is 34.9 Å². The summed E-state index contributed by atoms with van der Waals surface area (Å²) in [4.78, 5) is 29.1. The highest BCUT2D eigenvalue weighted by molar-refractivity contribution is 5.91. The molecular weight excluding hydrogens is 366 g/mol. The third-order valence-corrected chi connectivity index (χ3v) is 4.84. The molecule has 1 aromatic heterocycles. The Morgan fingerprint density at radius 3 is 2.45 bits per heavy atom. The van der Waals surface area contributed by atoms with Crippen LogP contribution in [0.3, 0.4) is 0 Å². The summed E-state index contributed by atoms with van der Waals surface area (Å²) in [7, 11) is 0. The smallest absolute Gasteiger partial charge is 0.414 e. The normalized spacial score (nSPS) is 15.8. The number of nitrogens with zero attached hydrogens (tertiary/aromatic N) is 2. The molecule has 4 rings (SSSR count). The van der Waals surface area contributed by atoms with Crippen LogP contribution < -0.4 is 10.2 Å². The monoisotopic (exact) mass is 387 g/mol. The molecule has 2 aromatic carbocycles. The van der Waals surface area contributed by atoms with Crippen LogP contribution >= 0.6 is 0 Å². The average Bonchev–Trinajstić information content (AvgIpc) is 3.13. The third kappa shape index (κ3) is 4.11. The number of benzene rings is 2. The summed E-state index contributed by atoms with van der Waals surface area (Å²) in [5.74, 6) is -0.142. The molecule has 1 saturated heterocycles. The van der Waals surface area contributed by atoms with Gasteiger partial charge in [0.05, 0.1) is 13.1 Å². The van der Waals surface area contributed by atoms with Gasteiger partial charge in [-0.2, -0.15) is 0 Å². The number of carbonyl (C=O) groups is 2. The fourth-order valence-corrected chi connectivity index (χ4v) is 3.43. The SMILES string of the molecule is CC(=O)NCC1CN(c2ccc(-c3ccccc3-c3cccnc3)cc2)C(=O)O1. The number of rotatable bonds is 5. The van der Waals surface area contributed by atoms with Crippen LogP contribution in [0.1, 0.15) is 6.92 Å². The Kier molecular flexibility index (Phi) is 5.24. The first-order chi connectivity index (χ1) is 14.1. The third-order valence-electron chi connectivity index (χ3n) is 4.84. The fourth-order valence-electron chi connectivity index (χ4n) is 3.43. The quantitative estimate of drug-likeness (QED) is 0.721. The Labute approximate surface area is 169 Å². The highest BCUT2D eigenvalue weighted by Crippen LogP contribution is 2.33. The second-order valence-electron chi connectivity index (χ2n) is 6.89. The van der Waals surface area contributed by atoms with E-state index < -0.39 is 6.09 Å². The molecule has 0 aliphatic carbocycles. The van der Waals surface area contributed by atoms with Crippen LogP contribution in [-0.2, 0) is 9.53 Å². The molecule has 2 amide bonds. The first kappa shape index (κ1) is 18.7. The van der Waals surface area contributed by atoms with Gasteiger partial charge < -0.3 is 10.1 Å². The lowest BCUT2D eigenvalue weighted by Crippen LogP contribution is -2.33. The minimum Gasteiger partial charge on any atom is -0.442 e. The van der Waals surface area contributed by atoms with Crippen LogP contribution in [-0.4, -0.2) is 36.2 Å². The van der Waals surface area contributed by atoms with Gasteiger partial charge in [0.1, 0.15) is 6.10 Å². The van der Waals surface area contributed by atoms with Crippen molar-refractivity contribution in [1.82, 2.24) is 10.3 Å². The Bertz CT molecular complexity index is 1020. The number of hydrogen-bond donors (Lipinski definition) is 1. The number of ether oxygens (including phenoxy) is 1. The van der Waals surface area contributed by atoms with Crippen LogP contribution in [0.5, 0.6) is 0 Å². The van der Waals surface area contributed by atoms with Gasteiger partial charge in [-0.3, -0.25) is 14.7 Å². The molecule has 1 aliphatic rings. The molecule has 3 aromatic rings. The van der Waals surface area contributed by atoms with Crippen LogP contribution in [0.25, 0.3) is 22.3 Å². The minimum atomic E-state index is -0.399. The Morgan fingerprint density at radius 1 is 1.07 bits per heavy atom. The summed E-state index contributed by atoms with van der Waals surface area (Å²) in [5.41, 5.74) is 5.07. The molecule has 1 fully saturated rings. The van der Waals surface area contributed by atoms with Gasteiger partial charge in [0.2, 0.25) is 5.91 Å². The molecule has 146 valence electrons. The summed E-state index contributed by atoms with van der Waals surface area (Å²) in [5, 5.41) is 2.68. The van der Waals surface area contributed by atoms with Crippen molar-refractivity contribution in [2.24, 2.45) is 0 Å². The van der Waals surface area contributed by atoms with Crippen LogP contribution in [0.4, 0.5) is 10.5 Å². The first-order valence-electron chi connectivity index (χ1n) is 9.44. The standard InChI is InChI=1S/C23H21N3O3/c1-16(27)25-14-20-15-26(23(28)29-20)19-10-8-17(9-11-19)21-6-2-3-7-22(21)18-5-4-12-24-13-18/h2-13,20H,14-15H2,1H3,(H,25,27). The molecule has 6 nitrogen and oxygen atoms in total. The highest BCUT2D eigenvalue weighted by Gasteiger charge is 2.32. The van der Waals surface area contributed by atoms with Crippen LogP contribution in [0.2, 0.25) is 0 Å². The first-order valence-corrected chi connectivity index (χ1v) is 9.44. The van der Waals surface area contributed by atoms with Crippen molar-refractivity contribution in [2.75, 3.05) is 18.0 Å². The molecule has 6 heteroatoms. The molecule has 1 N–H and O–H groups in total. The number of carbonyl (C=O) groups excluding carboxylic acids is 2. The molecule has 1 unspecified atom stereocenters. The summed E-state index contributed by atoms with van der Waals surface area (Å²) >= 11 is 0. The van der Waals surface area contributed by atoms with Gasteiger partial charge in [0, 0.05) is 30.6 Å². The molecule has 0 saturated carbocycles. The highest BCUT2D eigenvalue weighted by atomic mass is 16.6. The zero-order chi connectivity index (χ0) is 20.2. The number of amides is 2. The summed E-state index contributed by atoms with van der Waals surface area (Å²) in [6.45, 7) is 2.16. The van der Waals surface area contributed by atoms with Crippen LogP contribution in [0, 0.1) is 0 Å². The van der Waals surface area contributed by atoms with Crippen molar-refractivity contribution in [3.63, 3.8) is 0 Å². The van der Waals surface area contributed by atoms with Crippen molar-refractivity contribution in [1.29, 1.82) is 0 Å². The molecule has 0 radical (unpaired) electrons. The lowest BCUT2D eigenvalue weighted by Gasteiger charge is -2.15. The lowest BCUT2D eigenvalue weighted by molar-refractivity contribution is -0.119.